The van der Waals surface area contributed by atoms with Gasteiger partial charge in [0.05, 0.1) is 11.7 Å². The highest BCUT2D eigenvalue weighted by atomic mass is 35.5. The first kappa shape index (κ1) is 19.3. The molecule has 4 aromatic rings. The Morgan fingerprint density at radius 1 is 0.966 bits per heavy atom. The summed E-state index contributed by atoms with van der Waals surface area (Å²) >= 11 is 6.19. The Bertz CT molecular complexity index is 1090. The summed E-state index contributed by atoms with van der Waals surface area (Å²) < 4.78 is 1.83. The van der Waals surface area contributed by atoms with Crippen LogP contribution in [0.5, 0.6) is 0 Å². The average molecular weight is 404 g/mol. The van der Waals surface area contributed by atoms with E-state index in [0.717, 1.165) is 33.2 Å². The van der Waals surface area contributed by atoms with E-state index < -0.39 is 0 Å². The molecule has 0 spiro atoms. The minimum Gasteiger partial charge on any atom is -0.288 e. The molecule has 0 bridgehead atoms. The van der Waals surface area contributed by atoms with Crippen molar-refractivity contribution in [1.82, 2.24) is 25.1 Å². The first-order valence-electron chi connectivity index (χ1n) is 9.47. The molecule has 0 unspecified atom stereocenters. The van der Waals surface area contributed by atoms with Gasteiger partial charge in [-0.3, -0.25) is 4.90 Å². The Balaban J connectivity index is 1.77. The molecule has 0 saturated heterocycles. The highest BCUT2D eigenvalue weighted by Gasteiger charge is 2.26. The van der Waals surface area contributed by atoms with Crippen molar-refractivity contribution in [2.75, 3.05) is 7.05 Å². The maximum Gasteiger partial charge on any atom is 0.178 e. The second-order valence-electron chi connectivity index (χ2n) is 7.09. The topological polar surface area (TPSA) is 46.8 Å². The van der Waals surface area contributed by atoms with Crippen molar-refractivity contribution in [2.45, 2.75) is 19.5 Å². The summed E-state index contributed by atoms with van der Waals surface area (Å²) in [6, 6.07) is 26.2. The molecule has 0 aliphatic rings. The molecule has 0 fully saturated rings. The van der Waals surface area contributed by atoms with Crippen molar-refractivity contribution >= 4 is 11.6 Å². The number of aromatic nitrogens is 4. The van der Waals surface area contributed by atoms with Crippen molar-refractivity contribution in [1.29, 1.82) is 0 Å². The minimum absolute atomic E-state index is 0.121. The molecule has 0 aliphatic heterocycles. The fraction of sp³-hybridized carbons (Fsp3) is 0.174. The molecule has 146 valence electrons. The molecular formula is C23H22ClN5. The number of nitrogens with zero attached hydrogens (tertiary/aromatic N) is 5. The van der Waals surface area contributed by atoms with Crippen LogP contribution in [0.1, 0.15) is 28.6 Å². The summed E-state index contributed by atoms with van der Waals surface area (Å²) in [4.78, 5) is 2.24. The van der Waals surface area contributed by atoms with E-state index >= 15 is 0 Å². The Hall–Kier alpha value is -3.02. The fourth-order valence-electron chi connectivity index (χ4n) is 3.59. The molecule has 1 atom stereocenters. The highest BCUT2D eigenvalue weighted by molar-refractivity contribution is 6.30. The third kappa shape index (κ3) is 4.21. The van der Waals surface area contributed by atoms with Gasteiger partial charge in [-0.15, -0.1) is 5.10 Å². The van der Waals surface area contributed by atoms with Crippen molar-refractivity contribution in [3.8, 4) is 5.69 Å². The SMILES string of the molecule is Cc1ccccc1-n1nnnc1[C@@H](c1ccccc1)N(C)Cc1cccc(Cl)c1. The van der Waals surface area contributed by atoms with E-state index in [9.17, 15) is 0 Å². The Kier molecular flexibility index (Phi) is 5.69. The van der Waals surface area contributed by atoms with Crippen LogP contribution in [0.25, 0.3) is 5.69 Å². The Labute approximate surface area is 175 Å². The third-order valence-corrected chi connectivity index (χ3v) is 5.19. The number of halogens is 1. The summed E-state index contributed by atoms with van der Waals surface area (Å²) in [5.41, 5.74) is 4.35. The van der Waals surface area contributed by atoms with Crippen molar-refractivity contribution < 1.29 is 0 Å². The zero-order valence-corrected chi connectivity index (χ0v) is 17.2. The van der Waals surface area contributed by atoms with E-state index in [2.05, 4.69) is 58.7 Å². The van der Waals surface area contributed by atoms with E-state index in [4.69, 9.17) is 11.6 Å². The largest absolute Gasteiger partial charge is 0.288 e. The molecule has 1 aromatic heterocycles. The van der Waals surface area contributed by atoms with Crippen LogP contribution >= 0.6 is 11.6 Å². The molecule has 3 aromatic carbocycles. The third-order valence-electron chi connectivity index (χ3n) is 4.96. The predicted molar refractivity (Wildman–Crippen MR) is 115 cm³/mol. The number of hydrogen-bond acceptors (Lipinski definition) is 4. The van der Waals surface area contributed by atoms with Gasteiger partial charge in [0.1, 0.15) is 0 Å². The Morgan fingerprint density at radius 3 is 2.48 bits per heavy atom. The van der Waals surface area contributed by atoms with Crippen molar-refractivity contribution in [3.63, 3.8) is 0 Å². The zero-order valence-electron chi connectivity index (χ0n) is 16.4. The van der Waals surface area contributed by atoms with E-state index in [-0.39, 0.29) is 6.04 Å². The van der Waals surface area contributed by atoms with Gasteiger partial charge in [0, 0.05) is 11.6 Å². The lowest BCUT2D eigenvalue weighted by Gasteiger charge is -2.28. The van der Waals surface area contributed by atoms with Crippen molar-refractivity contribution in [3.05, 3.63) is 106 Å². The fourth-order valence-corrected chi connectivity index (χ4v) is 3.80. The number of rotatable bonds is 6. The van der Waals surface area contributed by atoms with Gasteiger partial charge in [-0.05, 0) is 59.3 Å². The van der Waals surface area contributed by atoms with Crippen LogP contribution in [-0.2, 0) is 6.54 Å². The molecule has 0 aliphatic carbocycles. The number of aryl methyl sites for hydroxylation is 1. The number of para-hydroxylation sites is 1. The average Bonchev–Trinajstić information content (AvgIpc) is 3.18. The molecule has 29 heavy (non-hydrogen) atoms. The van der Waals surface area contributed by atoms with Crippen LogP contribution in [0.4, 0.5) is 0 Å². The van der Waals surface area contributed by atoms with Crippen LogP contribution in [0.3, 0.4) is 0 Å². The smallest absolute Gasteiger partial charge is 0.178 e. The van der Waals surface area contributed by atoms with Crippen LogP contribution < -0.4 is 0 Å². The first-order valence-corrected chi connectivity index (χ1v) is 9.85. The standard InChI is InChI=1S/C23H22ClN5/c1-17-9-6-7-14-21(17)29-23(25-26-27-29)22(19-11-4-3-5-12-19)28(2)16-18-10-8-13-20(24)15-18/h3-15,22H,16H2,1-2H3/t22-/m1/s1. The lowest BCUT2D eigenvalue weighted by molar-refractivity contribution is 0.258. The first-order chi connectivity index (χ1) is 14.1. The zero-order chi connectivity index (χ0) is 20.2. The molecule has 0 saturated carbocycles. The lowest BCUT2D eigenvalue weighted by atomic mass is 10.0. The maximum absolute atomic E-state index is 6.19. The van der Waals surface area contributed by atoms with Crippen LogP contribution in [0, 0.1) is 6.92 Å². The molecule has 0 N–H and O–H groups in total. The van der Waals surface area contributed by atoms with E-state index in [1.54, 1.807) is 0 Å². The van der Waals surface area contributed by atoms with Gasteiger partial charge in [-0.2, -0.15) is 4.68 Å². The molecule has 4 rings (SSSR count). The number of hydrogen-bond donors (Lipinski definition) is 0. The quantitative estimate of drug-likeness (QED) is 0.462. The summed E-state index contributed by atoms with van der Waals surface area (Å²) in [5.74, 6) is 0.773. The summed E-state index contributed by atoms with van der Waals surface area (Å²) in [5, 5.41) is 13.5. The predicted octanol–water partition coefficient (Wildman–Crippen LogP) is 4.85. The van der Waals surface area contributed by atoms with Crippen LogP contribution in [-0.4, -0.2) is 32.2 Å². The normalized spacial score (nSPS) is 12.3. The second kappa shape index (κ2) is 8.55. The van der Waals surface area contributed by atoms with Gasteiger partial charge in [0.15, 0.2) is 5.82 Å². The molecule has 5 nitrogen and oxygen atoms in total. The summed E-state index contributed by atoms with van der Waals surface area (Å²) in [6.45, 7) is 2.77. The van der Waals surface area contributed by atoms with Gasteiger partial charge < -0.3 is 0 Å². The van der Waals surface area contributed by atoms with E-state index in [1.807, 2.05) is 59.3 Å². The Morgan fingerprint density at radius 2 is 1.72 bits per heavy atom. The number of benzene rings is 3. The molecule has 0 radical (unpaired) electrons. The second-order valence-corrected chi connectivity index (χ2v) is 7.53. The van der Waals surface area contributed by atoms with Gasteiger partial charge in [0.25, 0.3) is 0 Å². The van der Waals surface area contributed by atoms with E-state index in [0.29, 0.717) is 6.54 Å². The molecule has 0 amide bonds. The van der Waals surface area contributed by atoms with Gasteiger partial charge in [-0.25, -0.2) is 0 Å². The van der Waals surface area contributed by atoms with Gasteiger partial charge >= 0.3 is 0 Å². The maximum atomic E-state index is 6.19. The highest BCUT2D eigenvalue weighted by Crippen LogP contribution is 2.29. The minimum atomic E-state index is -0.121. The molecule has 1 heterocycles. The summed E-state index contributed by atoms with van der Waals surface area (Å²) in [6.07, 6.45) is 0. The summed E-state index contributed by atoms with van der Waals surface area (Å²) in [7, 11) is 2.08. The van der Waals surface area contributed by atoms with Gasteiger partial charge in [-0.1, -0.05) is 72.3 Å². The van der Waals surface area contributed by atoms with Crippen molar-refractivity contribution in [2.24, 2.45) is 0 Å². The van der Waals surface area contributed by atoms with Crippen LogP contribution in [0.15, 0.2) is 78.9 Å². The molecule has 6 heteroatoms. The number of tetrazole rings is 1. The molecular weight excluding hydrogens is 382 g/mol. The monoisotopic (exact) mass is 403 g/mol. The van der Waals surface area contributed by atoms with Gasteiger partial charge in [0.2, 0.25) is 0 Å². The lowest BCUT2D eigenvalue weighted by Crippen LogP contribution is -2.28. The van der Waals surface area contributed by atoms with E-state index in [1.165, 1.54) is 0 Å². The van der Waals surface area contributed by atoms with Crippen LogP contribution in [0.2, 0.25) is 5.02 Å².